The molecule has 0 aromatic carbocycles. The van der Waals surface area contributed by atoms with E-state index >= 15 is 0 Å². The molecule has 1 N–H and O–H groups in total. The number of aromatic nitrogens is 1. The number of aromatic amines is 1. The van der Waals surface area contributed by atoms with E-state index in [1.165, 1.54) is 0 Å². The summed E-state index contributed by atoms with van der Waals surface area (Å²) in [6.45, 7) is 0. The minimum absolute atomic E-state index is 0.0709. The van der Waals surface area contributed by atoms with Crippen molar-refractivity contribution in [1.29, 1.82) is 0 Å². The smallest absolute Gasteiger partial charge is 0.279 e. The lowest BCUT2D eigenvalue weighted by atomic mass is 10.2. The quantitative estimate of drug-likeness (QED) is 0.817. The number of nitrogens with one attached hydrogen (secondary N) is 1. The fraction of sp³-hybridized carbons (Fsp3) is 0.143. The summed E-state index contributed by atoms with van der Waals surface area (Å²) in [4.78, 5) is 23.0. The highest BCUT2D eigenvalue weighted by molar-refractivity contribution is 9.10. The number of rotatable bonds is 2. The number of alkyl halides is 2. The van der Waals surface area contributed by atoms with Gasteiger partial charge in [-0.3, -0.25) is 9.59 Å². The molecule has 0 aliphatic rings. The zero-order chi connectivity index (χ0) is 10.0. The average Bonchev–Trinajstić information content (AvgIpc) is 2.02. The number of hydrogen-bond donors (Lipinski definition) is 1. The molecule has 1 aromatic rings. The first-order valence-corrected chi connectivity index (χ1v) is 4.01. The Kier molecular flexibility index (Phi) is 2.92. The standard InChI is InChI=1S/C7H4BrF2NO2/c8-4-1-5(13)11-6(7(9)10)3(4)2-12/h1-2,7H,(H,11,13). The summed E-state index contributed by atoms with van der Waals surface area (Å²) in [5.74, 6) is 0. The Morgan fingerprint density at radius 2 is 2.15 bits per heavy atom. The molecule has 3 nitrogen and oxygen atoms in total. The van der Waals surface area contributed by atoms with E-state index < -0.39 is 17.7 Å². The second-order valence-corrected chi connectivity index (χ2v) is 3.08. The van der Waals surface area contributed by atoms with Crippen LogP contribution in [0.3, 0.4) is 0 Å². The average molecular weight is 252 g/mol. The van der Waals surface area contributed by atoms with Crippen LogP contribution in [-0.4, -0.2) is 11.3 Å². The van der Waals surface area contributed by atoms with E-state index in [-0.39, 0.29) is 16.3 Å². The van der Waals surface area contributed by atoms with E-state index in [0.29, 0.717) is 0 Å². The van der Waals surface area contributed by atoms with Gasteiger partial charge in [0.2, 0.25) is 5.56 Å². The monoisotopic (exact) mass is 251 g/mol. The molecule has 0 spiro atoms. The lowest BCUT2D eigenvalue weighted by molar-refractivity contribution is 0.110. The van der Waals surface area contributed by atoms with Gasteiger partial charge in [0.15, 0.2) is 6.29 Å². The fourth-order valence-electron chi connectivity index (χ4n) is 0.850. The van der Waals surface area contributed by atoms with Crippen LogP contribution in [0, 0.1) is 0 Å². The van der Waals surface area contributed by atoms with Gasteiger partial charge in [-0.05, 0) is 15.9 Å². The number of halogens is 3. The molecule has 0 aliphatic carbocycles. The maximum Gasteiger partial charge on any atom is 0.279 e. The third-order valence-corrected chi connectivity index (χ3v) is 2.06. The van der Waals surface area contributed by atoms with Gasteiger partial charge >= 0.3 is 0 Å². The predicted molar refractivity (Wildman–Crippen MR) is 45.1 cm³/mol. The van der Waals surface area contributed by atoms with Gasteiger partial charge in [-0.1, -0.05) is 0 Å². The first-order chi connectivity index (χ1) is 6.06. The number of aldehydes is 1. The van der Waals surface area contributed by atoms with Gasteiger partial charge in [0.25, 0.3) is 6.43 Å². The second-order valence-electron chi connectivity index (χ2n) is 2.23. The van der Waals surface area contributed by atoms with E-state index in [2.05, 4.69) is 15.9 Å². The van der Waals surface area contributed by atoms with E-state index in [9.17, 15) is 18.4 Å². The zero-order valence-corrected chi connectivity index (χ0v) is 7.77. The molecule has 0 radical (unpaired) electrons. The van der Waals surface area contributed by atoms with Gasteiger partial charge < -0.3 is 4.98 Å². The third-order valence-electron chi connectivity index (χ3n) is 1.40. The van der Waals surface area contributed by atoms with Gasteiger partial charge in [-0.25, -0.2) is 8.78 Å². The molecule has 6 heteroatoms. The number of carbonyl (C=O) groups excluding carboxylic acids is 1. The van der Waals surface area contributed by atoms with Crippen LogP contribution >= 0.6 is 15.9 Å². The maximum atomic E-state index is 12.2. The Hall–Kier alpha value is -1.04. The molecule has 0 amide bonds. The molecule has 0 bridgehead atoms. The molecule has 0 fully saturated rings. The minimum atomic E-state index is -2.87. The molecule has 0 atom stereocenters. The molecular weight excluding hydrogens is 248 g/mol. The molecule has 0 unspecified atom stereocenters. The van der Waals surface area contributed by atoms with Crippen molar-refractivity contribution in [3.63, 3.8) is 0 Å². The van der Waals surface area contributed by atoms with E-state index in [4.69, 9.17) is 0 Å². The van der Waals surface area contributed by atoms with Crippen molar-refractivity contribution in [2.45, 2.75) is 6.43 Å². The Labute approximate surface area is 79.9 Å². The normalized spacial score (nSPS) is 10.5. The summed E-state index contributed by atoms with van der Waals surface area (Å²) >= 11 is 2.84. The van der Waals surface area contributed by atoms with Crippen LogP contribution in [0.5, 0.6) is 0 Å². The Balaban J connectivity index is 3.47. The van der Waals surface area contributed by atoms with Crippen molar-refractivity contribution < 1.29 is 13.6 Å². The summed E-state index contributed by atoms with van der Waals surface area (Å²) in [7, 11) is 0. The number of hydrogen-bond acceptors (Lipinski definition) is 2. The number of carbonyl (C=O) groups is 1. The van der Waals surface area contributed by atoms with Gasteiger partial charge in [-0.2, -0.15) is 0 Å². The lowest BCUT2D eigenvalue weighted by Gasteiger charge is -2.03. The van der Waals surface area contributed by atoms with Crippen LogP contribution < -0.4 is 5.56 Å². The second kappa shape index (κ2) is 3.78. The van der Waals surface area contributed by atoms with Crippen LogP contribution in [-0.2, 0) is 0 Å². The summed E-state index contributed by atoms with van der Waals surface area (Å²) < 4.78 is 24.5. The predicted octanol–water partition coefficient (Wildman–Crippen LogP) is 1.89. The Morgan fingerprint density at radius 1 is 1.54 bits per heavy atom. The van der Waals surface area contributed by atoms with Crippen molar-refractivity contribution in [2.24, 2.45) is 0 Å². The maximum absolute atomic E-state index is 12.2. The van der Waals surface area contributed by atoms with Gasteiger partial charge in [0.1, 0.15) is 0 Å². The SMILES string of the molecule is O=Cc1c(Br)cc(=O)[nH]c1C(F)F. The molecule has 0 aliphatic heterocycles. The summed E-state index contributed by atoms with van der Waals surface area (Å²) in [6.07, 6.45) is -2.60. The zero-order valence-electron chi connectivity index (χ0n) is 6.18. The molecule has 0 saturated heterocycles. The molecule has 0 saturated carbocycles. The molecule has 13 heavy (non-hydrogen) atoms. The van der Waals surface area contributed by atoms with E-state index in [1.807, 2.05) is 4.98 Å². The Morgan fingerprint density at radius 3 is 2.62 bits per heavy atom. The largest absolute Gasteiger partial charge is 0.320 e. The first kappa shape index (κ1) is 10.0. The highest BCUT2D eigenvalue weighted by atomic mass is 79.9. The number of pyridine rings is 1. The van der Waals surface area contributed by atoms with Gasteiger partial charge in [-0.15, -0.1) is 0 Å². The summed E-state index contributed by atoms with van der Waals surface area (Å²) in [5.41, 5.74) is -1.56. The van der Waals surface area contributed by atoms with Crippen LogP contribution in [0.2, 0.25) is 0 Å². The van der Waals surface area contributed by atoms with Crippen LogP contribution in [0.15, 0.2) is 15.3 Å². The lowest BCUT2D eigenvalue weighted by Crippen LogP contribution is -2.11. The molecular formula is C7H4BrF2NO2. The minimum Gasteiger partial charge on any atom is -0.320 e. The van der Waals surface area contributed by atoms with Crippen LogP contribution in [0.25, 0.3) is 0 Å². The molecule has 1 heterocycles. The van der Waals surface area contributed by atoms with E-state index in [0.717, 1.165) is 6.07 Å². The van der Waals surface area contributed by atoms with Crippen molar-refractivity contribution in [3.05, 3.63) is 32.2 Å². The highest BCUT2D eigenvalue weighted by Crippen LogP contribution is 2.23. The van der Waals surface area contributed by atoms with Gasteiger partial charge in [0, 0.05) is 10.5 Å². The molecule has 1 aromatic heterocycles. The number of H-pyrrole nitrogens is 1. The van der Waals surface area contributed by atoms with Crippen molar-refractivity contribution in [3.8, 4) is 0 Å². The van der Waals surface area contributed by atoms with E-state index in [1.54, 1.807) is 0 Å². The van der Waals surface area contributed by atoms with Crippen molar-refractivity contribution >= 4 is 22.2 Å². The summed E-state index contributed by atoms with van der Waals surface area (Å²) in [6, 6.07) is 1.02. The molecule has 1 rings (SSSR count). The first-order valence-electron chi connectivity index (χ1n) is 3.22. The summed E-state index contributed by atoms with van der Waals surface area (Å²) in [5, 5.41) is 0. The Bertz CT molecular complexity index is 389. The van der Waals surface area contributed by atoms with Gasteiger partial charge in [0.05, 0.1) is 11.3 Å². The third kappa shape index (κ3) is 2.00. The van der Waals surface area contributed by atoms with Crippen molar-refractivity contribution in [1.82, 2.24) is 4.98 Å². The fourth-order valence-corrected chi connectivity index (χ4v) is 1.36. The highest BCUT2D eigenvalue weighted by Gasteiger charge is 2.16. The molecule has 70 valence electrons. The topological polar surface area (TPSA) is 49.9 Å². The van der Waals surface area contributed by atoms with Crippen LogP contribution in [0.1, 0.15) is 22.5 Å². The van der Waals surface area contributed by atoms with Crippen molar-refractivity contribution in [2.75, 3.05) is 0 Å². The van der Waals surface area contributed by atoms with Crippen LogP contribution in [0.4, 0.5) is 8.78 Å².